The lowest BCUT2D eigenvalue weighted by Crippen LogP contribution is -2.49. The van der Waals surface area contributed by atoms with Gasteiger partial charge in [0, 0.05) is 18.2 Å². The Hall–Kier alpha value is -2.38. The van der Waals surface area contributed by atoms with E-state index in [2.05, 4.69) is 4.98 Å². The molecule has 2 aliphatic carbocycles. The van der Waals surface area contributed by atoms with Gasteiger partial charge < -0.3 is 19.2 Å². The molecule has 0 bridgehead atoms. The predicted octanol–water partition coefficient (Wildman–Crippen LogP) is 2.65. The second kappa shape index (κ2) is 8.52. The lowest BCUT2D eigenvalue weighted by Gasteiger charge is -2.37. The van der Waals surface area contributed by atoms with Crippen LogP contribution in [0.1, 0.15) is 57.2 Å². The number of benzene rings is 1. The van der Waals surface area contributed by atoms with Crippen molar-refractivity contribution in [2.75, 3.05) is 6.61 Å². The Kier molecular flexibility index (Phi) is 6.07. The number of fused-ring (bicyclic) bond motifs is 3. The van der Waals surface area contributed by atoms with Gasteiger partial charge in [0.25, 0.3) is 0 Å². The lowest BCUT2D eigenvalue weighted by molar-refractivity contribution is -0.145. The van der Waals surface area contributed by atoms with Crippen LogP contribution >= 0.6 is 0 Å². The first-order chi connectivity index (χ1) is 15.1. The molecule has 0 radical (unpaired) electrons. The summed E-state index contributed by atoms with van der Waals surface area (Å²) in [7, 11) is 0.409. The highest BCUT2D eigenvalue weighted by Crippen LogP contribution is 2.61. The van der Waals surface area contributed by atoms with Crippen LogP contribution in [0.15, 0.2) is 36.5 Å². The van der Waals surface area contributed by atoms with E-state index in [0.29, 0.717) is 32.5 Å². The van der Waals surface area contributed by atoms with Gasteiger partial charge in [0.1, 0.15) is 6.61 Å². The van der Waals surface area contributed by atoms with E-state index in [1.54, 1.807) is 13.8 Å². The molecule has 1 saturated carbocycles. The Balaban J connectivity index is 1.34. The molecule has 1 heterocycles. The molecule has 4 rings (SSSR count). The average Bonchev–Trinajstić information content (AvgIpc) is 3.32. The number of carbonyl (C=O) groups excluding carboxylic acids is 1. The zero-order valence-electron chi connectivity index (χ0n) is 19.6. The van der Waals surface area contributed by atoms with Crippen molar-refractivity contribution >= 4 is 18.9 Å². The van der Waals surface area contributed by atoms with Crippen molar-refractivity contribution in [1.29, 1.82) is 0 Å². The van der Waals surface area contributed by atoms with Crippen LogP contribution in [0, 0.1) is 11.8 Å². The van der Waals surface area contributed by atoms with E-state index in [1.807, 2.05) is 57.3 Å². The van der Waals surface area contributed by atoms with E-state index in [0.717, 1.165) is 23.0 Å². The molecule has 1 fully saturated rings. The molecule has 0 amide bonds. The van der Waals surface area contributed by atoms with E-state index >= 15 is 0 Å². The molecule has 2 aliphatic rings. The van der Waals surface area contributed by atoms with Crippen LogP contribution in [0.25, 0.3) is 0 Å². The summed E-state index contributed by atoms with van der Waals surface area (Å²) in [5, 5.41) is 10.3. The fraction of sp³-hybridized carbons (Fsp3) is 0.520. The minimum atomic E-state index is -0.941. The molecule has 170 valence electrons. The molecule has 2 aromatic rings. The minimum absolute atomic E-state index is 0.00219. The summed E-state index contributed by atoms with van der Waals surface area (Å²) < 4.78 is 17.1. The van der Waals surface area contributed by atoms with Crippen LogP contribution in [0.4, 0.5) is 0 Å². The maximum absolute atomic E-state index is 12.0. The number of hydrogen-bond acceptors (Lipinski definition) is 6. The van der Waals surface area contributed by atoms with Crippen LogP contribution in [0.2, 0.25) is 0 Å². The van der Waals surface area contributed by atoms with Crippen molar-refractivity contribution in [3.05, 3.63) is 53.2 Å². The molecule has 0 unspecified atom stereocenters. The number of nitrogens with zero attached hydrogens (tertiary/aromatic N) is 1. The summed E-state index contributed by atoms with van der Waals surface area (Å²) >= 11 is 0. The van der Waals surface area contributed by atoms with E-state index in [-0.39, 0.29) is 17.8 Å². The molecule has 7 heteroatoms. The summed E-state index contributed by atoms with van der Waals surface area (Å²) in [6, 6.07) is 10.0. The van der Waals surface area contributed by atoms with Crippen LogP contribution in [-0.2, 0) is 27.2 Å². The topological polar surface area (TPSA) is 77.9 Å². The average molecular weight is 437 g/mol. The summed E-state index contributed by atoms with van der Waals surface area (Å²) in [6.07, 6.45) is 2.74. The molecule has 0 saturated heterocycles. The number of hydrogen-bond donors (Lipinski definition) is 1. The van der Waals surface area contributed by atoms with Crippen molar-refractivity contribution in [3.63, 3.8) is 0 Å². The molecular weight excluding hydrogens is 405 g/mol. The normalized spacial score (nSPS) is 21.5. The standard InChI is InChI=1S/C25H32BNO5/c1-6-30-23(28)22-18-11-16-12-20(27-13-19(16)21(18)22)31-14-15-8-7-9-17(10-15)26-32-25(4,5)24(2,3)29/h7-10,12-13,18,21-22,26,29H,6,11,14H2,1-5H3/t18-,21-,22+/m1/s1. The first kappa shape index (κ1) is 22.8. The van der Waals surface area contributed by atoms with Gasteiger partial charge in [-0.05, 0) is 63.6 Å². The summed E-state index contributed by atoms with van der Waals surface area (Å²) in [5.74, 6) is 1.13. The number of carbonyl (C=O) groups is 1. The highest BCUT2D eigenvalue weighted by atomic mass is 16.5. The number of esters is 1. The smallest absolute Gasteiger partial charge is 0.309 e. The first-order valence-corrected chi connectivity index (χ1v) is 11.3. The third-order valence-electron chi connectivity index (χ3n) is 6.99. The predicted molar refractivity (Wildman–Crippen MR) is 123 cm³/mol. The number of aromatic nitrogens is 1. The minimum Gasteiger partial charge on any atom is -0.473 e. The quantitative estimate of drug-likeness (QED) is 0.480. The van der Waals surface area contributed by atoms with Gasteiger partial charge in [0.15, 0.2) is 0 Å². The van der Waals surface area contributed by atoms with E-state index < -0.39 is 11.2 Å². The first-order valence-electron chi connectivity index (χ1n) is 11.3. The molecule has 32 heavy (non-hydrogen) atoms. The van der Waals surface area contributed by atoms with Crippen LogP contribution < -0.4 is 10.2 Å². The Bertz CT molecular complexity index is 1000. The van der Waals surface area contributed by atoms with Gasteiger partial charge in [-0.15, -0.1) is 0 Å². The Morgan fingerprint density at radius 3 is 2.75 bits per heavy atom. The number of rotatable bonds is 9. The van der Waals surface area contributed by atoms with Crippen LogP contribution in [0.5, 0.6) is 5.88 Å². The number of aliphatic hydroxyl groups is 1. The van der Waals surface area contributed by atoms with Crippen molar-refractivity contribution in [2.24, 2.45) is 11.8 Å². The zero-order chi connectivity index (χ0) is 23.1. The Labute approximate surface area is 190 Å². The highest BCUT2D eigenvalue weighted by Gasteiger charge is 2.60. The van der Waals surface area contributed by atoms with E-state index in [4.69, 9.17) is 14.1 Å². The van der Waals surface area contributed by atoms with Gasteiger partial charge in [-0.2, -0.15) is 0 Å². The molecule has 1 aromatic heterocycles. The Morgan fingerprint density at radius 1 is 1.25 bits per heavy atom. The van der Waals surface area contributed by atoms with Gasteiger partial charge >= 0.3 is 13.5 Å². The molecule has 1 aromatic carbocycles. The van der Waals surface area contributed by atoms with Crippen molar-refractivity contribution in [2.45, 2.75) is 64.8 Å². The Morgan fingerprint density at radius 2 is 2.03 bits per heavy atom. The molecule has 1 N–H and O–H groups in total. The molecular formula is C25H32BNO5. The zero-order valence-corrected chi connectivity index (χ0v) is 19.6. The third-order valence-corrected chi connectivity index (χ3v) is 6.99. The largest absolute Gasteiger partial charge is 0.473 e. The van der Waals surface area contributed by atoms with Crippen molar-refractivity contribution in [1.82, 2.24) is 4.98 Å². The van der Waals surface area contributed by atoms with Crippen molar-refractivity contribution < 1.29 is 24.0 Å². The summed E-state index contributed by atoms with van der Waals surface area (Å²) in [4.78, 5) is 16.5. The summed E-state index contributed by atoms with van der Waals surface area (Å²) in [6.45, 7) is 9.96. The molecule has 3 atom stereocenters. The third kappa shape index (κ3) is 4.55. The van der Waals surface area contributed by atoms with Gasteiger partial charge in [0.05, 0.1) is 23.7 Å². The van der Waals surface area contributed by atoms with Gasteiger partial charge in [0.2, 0.25) is 5.88 Å². The molecule has 0 aliphatic heterocycles. The van der Waals surface area contributed by atoms with Gasteiger partial charge in [-0.1, -0.05) is 29.7 Å². The highest BCUT2D eigenvalue weighted by molar-refractivity contribution is 6.47. The molecule has 6 nitrogen and oxygen atoms in total. The fourth-order valence-electron chi connectivity index (χ4n) is 4.31. The second-order valence-corrected chi connectivity index (χ2v) is 9.86. The van der Waals surface area contributed by atoms with Gasteiger partial charge in [-0.25, -0.2) is 4.98 Å². The summed E-state index contributed by atoms with van der Waals surface area (Å²) in [5.41, 5.74) is 2.83. The van der Waals surface area contributed by atoms with Crippen LogP contribution in [-0.4, -0.2) is 41.4 Å². The monoisotopic (exact) mass is 437 g/mol. The van der Waals surface area contributed by atoms with Gasteiger partial charge in [-0.3, -0.25) is 4.79 Å². The lowest BCUT2D eigenvalue weighted by atomic mass is 9.82. The SMILES string of the molecule is CCOC(=O)[C@H]1[C@@H]2Cc3cc(OCc4cccc(BOC(C)(C)C(C)(C)O)c4)ncc3[C@@H]21. The number of pyridine rings is 1. The van der Waals surface area contributed by atoms with E-state index in [9.17, 15) is 9.90 Å². The van der Waals surface area contributed by atoms with Crippen molar-refractivity contribution in [3.8, 4) is 5.88 Å². The van der Waals surface area contributed by atoms with Crippen LogP contribution in [0.3, 0.4) is 0 Å². The fourth-order valence-corrected chi connectivity index (χ4v) is 4.31. The maximum Gasteiger partial charge on any atom is 0.309 e. The number of ether oxygens (including phenoxy) is 2. The van der Waals surface area contributed by atoms with E-state index in [1.165, 1.54) is 5.56 Å². The molecule has 0 spiro atoms. The second-order valence-electron chi connectivity index (χ2n) is 9.86. The maximum atomic E-state index is 12.0.